The second-order valence-corrected chi connectivity index (χ2v) is 4.96. The van der Waals surface area contributed by atoms with Crippen LogP contribution in [-0.2, 0) is 12.4 Å². The van der Waals surface area contributed by atoms with E-state index in [1.165, 1.54) is 0 Å². The molecule has 0 amide bonds. The van der Waals surface area contributed by atoms with Gasteiger partial charge in [-0.25, -0.2) is 14.5 Å². The van der Waals surface area contributed by atoms with Gasteiger partial charge in [-0.05, 0) is 12.1 Å². The number of rotatable bonds is 2. The Labute approximate surface area is 138 Å². The van der Waals surface area contributed by atoms with E-state index in [1.807, 2.05) is 0 Å². The first kappa shape index (κ1) is 17.6. The van der Waals surface area contributed by atoms with Gasteiger partial charge in [0.2, 0.25) is 5.95 Å². The van der Waals surface area contributed by atoms with Crippen LogP contribution in [0.3, 0.4) is 0 Å². The fourth-order valence-corrected chi connectivity index (χ4v) is 2.20. The molecule has 0 spiro atoms. The lowest BCUT2D eigenvalue weighted by molar-refractivity contribution is -0.161. The molecule has 0 saturated carbocycles. The first-order chi connectivity index (χ1) is 11.9. The van der Waals surface area contributed by atoms with Crippen molar-refractivity contribution in [3.05, 3.63) is 35.7 Å². The van der Waals surface area contributed by atoms with Gasteiger partial charge in [0.05, 0.1) is 34.6 Å². The summed E-state index contributed by atoms with van der Waals surface area (Å²) in [6, 6.07) is 0.573. The highest BCUT2D eigenvalue weighted by Crippen LogP contribution is 2.41. The summed E-state index contributed by atoms with van der Waals surface area (Å²) in [5.74, 6) is -0.447. The van der Waals surface area contributed by atoms with Crippen molar-refractivity contribution in [1.29, 1.82) is 0 Å². The Bertz CT molecular complexity index is 937. The van der Waals surface area contributed by atoms with Gasteiger partial charge in [0.15, 0.2) is 5.75 Å². The first-order valence-corrected chi connectivity index (χ1v) is 6.59. The summed E-state index contributed by atoms with van der Waals surface area (Å²) in [4.78, 5) is 16.6. The predicted molar refractivity (Wildman–Crippen MR) is 71.9 cm³/mol. The van der Waals surface area contributed by atoms with Crippen LogP contribution in [0.5, 0.6) is 5.75 Å². The zero-order valence-electron chi connectivity index (χ0n) is 12.2. The molecule has 0 unspecified atom stereocenters. The summed E-state index contributed by atoms with van der Waals surface area (Å²) in [6.07, 6.45) is -10.1. The molecule has 26 heavy (non-hydrogen) atoms. The molecule has 2 heterocycles. The third-order valence-electron chi connectivity index (χ3n) is 3.20. The van der Waals surface area contributed by atoms with E-state index in [-0.39, 0.29) is 28.8 Å². The van der Waals surface area contributed by atoms with Crippen LogP contribution < -0.4 is 4.74 Å². The number of aromatic amines is 1. The molecule has 3 aromatic rings. The van der Waals surface area contributed by atoms with E-state index in [4.69, 9.17) is 5.11 Å². The summed E-state index contributed by atoms with van der Waals surface area (Å²) in [5, 5.41) is 12.1. The predicted octanol–water partition coefficient (Wildman–Crippen LogP) is 3.84. The number of carbonyl (C=O) groups is 1. The third-order valence-corrected chi connectivity index (χ3v) is 3.20. The Morgan fingerprint density at radius 1 is 1.12 bits per heavy atom. The van der Waals surface area contributed by atoms with E-state index in [1.54, 1.807) is 0 Å². The highest BCUT2D eigenvalue weighted by molar-refractivity contribution is 5.78. The normalized spacial score (nSPS) is 12.5. The maximum atomic E-state index is 12.9. The quantitative estimate of drug-likeness (QED) is 0.521. The molecule has 0 atom stereocenters. The van der Waals surface area contributed by atoms with Gasteiger partial charge in [-0.15, -0.1) is 0 Å². The summed E-state index contributed by atoms with van der Waals surface area (Å²) in [6.45, 7) is 0. The average molecular weight is 380 g/mol. The van der Waals surface area contributed by atoms with E-state index >= 15 is 0 Å². The Hall–Kier alpha value is -3.25. The fourth-order valence-electron chi connectivity index (χ4n) is 2.20. The van der Waals surface area contributed by atoms with Crippen LogP contribution in [0.25, 0.3) is 17.0 Å². The van der Waals surface area contributed by atoms with Gasteiger partial charge >= 0.3 is 18.5 Å². The molecule has 13 heteroatoms. The van der Waals surface area contributed by atoms with Gasteiger partial charge in [-0.3, -0.25) is 0 Å². The first-order valence-electron chi connectivity index (χ1n) is 6.59. The summed E-state index contributed by atoms with van der Waals surface area (Å²) in [7, 11) is 0. The summed E-state index contributed by atoms with van der Waals surface area (Å²) in [5.41, 5.74) is -4.41. The molecule has 0 fully saturated rings. The third kappa shape index (κ3) is 3.27. The number of hydrogen-bond donors (Lipinski definition) is 2. The smallest absolute Gasteiger partial charge is 0.449 e. The molecule has 2 N–H and O–H groups in total. The molecule has 1 aromatic carbocycles. The van der Waals surface area contributed by atoms with Crippen LogP contribution in [0.2, 0.25) is 0 Å². The zero-order valence-corrected chi connectivity index (χ0v) is 12.2. The molecule has 0 radical (unpaired) electrons. The standard InChI is InChI=1S/C13H6F6N4O3/c14-12(15,16)6-1-8-9(2-7(6)13(17,18)19)22-10(21-8)23-4-5(3-20-23)26-11(24)25/h1-4H,(H,21,22)(H,24,25). The number of ether oxygens (including phenoxy) is 1. The van der Waals surface area contributed by atoms with Gasteiger partial charge in [0, 0.05) is 0 Å². The Kier molecular flexibility index (Phi) is 3.81. The number of benzene rings is 1. The number of imidazole rings is 1. The van der Waals surface area contributed by atoms with Crippen LogP contribution >= 0.6 is 0 Å². The minimum absolute atomic E-state index is 0.218. The number of alkyl halides is 6. The maximum absolute atomic E-state index is 12.9. The number of nitrogens with zero attached hydrogens (tertiary/aromatic N) is 3. The van der Waals surface area contributed by atoms with Crippen LogP contribution in [0.15, 0.2) is 24.5 Å². The van der Waals surface area contributed by atoms with Crippen molar-refractivity contribution in [2.45, 2.75) is 12.4 Å². The van der Waals surface area contributed by atoms with Gasteiger partial charge in [-0.2, -0.15) is 31.4 Å². The van der Waals surface area contributed by atoms with Crippen molar-refractivity contribution in [1.82, 2.24) is 19.7 Å². The number of hydrogen-bond acceptors (Lipinski definition) is 4. The molecular weight excluding hydrogens is 374 g/mol. The molecule has 138 valence electrons. The Morgan fingerprint density at radius 2 is 1.73 bits per heavy atom. The molecule has 0 bridgehead atoms. The van der Waals surface area contributed by atoms with Crippen molar-refractivity contribution in [2.24, 2.45) is 0 Å². The largest absolute Gasteiger partial charge is 0.511 e. The van der Waals surface area contributed by atoms with Crippen molar-refractivity contribution in [3.63, 3.8) is 0 Å². The molecule has 0 aliphatic heterocycles. The van der Waals surface area contributed by atoms with Crippen LogP contribution in [0.1, 0.15) is 11.1 Å². The topological polar surface area (TPSA) is 93.0 Å². The van der Waals surface area contributed by atoms with Gasteiger partial charge in [0.1, 0.15) is 0 Å². The Morgan fingerprint density at radius 3 is 2.31 bits per heavy atom. The lowest BCUT2D eigenvalue weighted by atomic mass is 10.1. The van der Waals surface area contributed by atoms with Crippen molar-refractivity contribution >= 4 is 17.2 Å². The van der Waals surface area contributed by atoms with E-state index in [2.05, 4.69) is 19.8 Å². The van der Waals surface area contributed by atoms with Gasteiger partial charge in [-0.1, -0.05) is 0 Å². The van der Waals surface area contributed by atoms with Gasteiger partial charge in [0.25, 0.3) is 0 Å². The highest BCUT2D eigenvalue weighted by atomic mass is 19.4. The fraction of sp³-hybridized carbons (Fsp3) is 0.154. The van der Waals surface area contributed by atoms with Crippen LogP contribution in [0, 0.1) is 0 Å². The molecule has 0 aliphatic carbocycles. The molecule has 3 rings (SSSR count). The van der Waals surface area contributed by atoms with E-state index < -0.39 is 29.6 Å². The molecule has 0 aliphatic rings. The SMILES string of the molecule is O=C(O)Oc1cnn(-c2nc3cc(C(F)(F)F)c(C(F)(F)F)cc3[nH]2)c1. The summed E-state index contributed by atoms with van der Waals surface area (Å²) >= 11 is 0. The molecule has 0 saturated heterocycles. The minimum atomic E-state index is -5.23. The van der Waals surface area contributed by atoms with Crippen LogP contribution in [0.4, 0.5) is 31.1 Å². The molecule has 7 nitrogen and oxygen atoms in total. The monoisotopic (exact) mass is 380 g/mol. The number of fused-ring (bicyclic) bond motifs is 1. The highest BCUT2D eigenvalue weighted by Gasteiger charge is 2.43. The molecule has 2 aromatic heterocycles. The van der Waals surface area contributed by atoms with E-state index in [0.29, 0.717) is 6.07 Å². The van der Waals surface area contributed by atoms with Crippen molar-refractivity contribution in [2.75, 3.05) is 0 Å². The number of H-pyrrole nitrogens is 1. The van der Waals surface area contributed by atoms with Crippen molar-refractivity contribution in [3.8, 4) is 11.7 Å². The number of aromatic nitrogens is 4. The Balaban J connectivity index is 2.11. The van der Waals surface area contributed by atoms with E-state index in [9.17, 15) is 31.1 Å². The minimum Gasteiger partial charge on any atom is -0.449 e. The average Bonchev–Trinajstić information content (AvgIpc) is 3.08. The second kappa shape index (κ2) is 5.64. The maximum Gasteiger partial charge on any atom is 0.511 e. The number of nitrogens with one attached hydrogen (secondary N) is 1. The second-order valence-electron chi connectivity index (χ2n) is 4.96. The lowest BCUT2D eigenvalue weighted by Crippen LogP contribution is -2.16. The zero-order chi connectivity index (χ0) is 19.3. The van der Waals surface area contributed by atoms with Gasteiger partial charge < -0.3 is 14.8 Å². The van der Waals surface area contributed by atoms with Crippen molar-refractivity contribution < 1.29 is 41.0 Å². The van der Waals surface area contributed by atoms with E-state index in [0.717, 1.165) is 17.1 Å². The number of halogens is 6. The lowest BCUT2D eigenvalue weighted by Gasteiger charge is -2.15. The van der Waals surface area contributed by atoms with Crippen LogP contribution in [-0.4, -0.2) is 31.0 Å². The summed E-state index contributed by atoms with van der Waals surface area (Å²) < 4.78 is 82.8. The number of carboxylic acid groups (broad SMARTS) is 1. The molecular formula is C13H6F6N4O3.